The van der Waals surface area contributed by atoms with Crippen LogP contribution in [0.1, 0.15) is 31.1 Å². The molecule has 11 radical (unpaired) electrons. The minimum absolute atomic E-state index is 0. The van der Waals surface area contributed by atoms with Crippen LogP contribution in [0.5, 0.6) is 0 Å². The van der Waals surface area contributed by atoms with Crippen LogP contribution in [0.3, 0.4) is 0 Å². The van der Waals surface area contributed by atoms with E-state index in [0.717, 1.165) is 0 Å². The van der Waals surface area contributed by atoms with Crippen LogP contribution in [0.25, 0.3) is 0 Å². The van der Waals surface area contributed by atoms with Crippen molar-refractivity contribution in [3.8, 4) is 0 Å². The molecule has 0 N–H and O–H groups in total. The van der Waals surface area contributed by atoms with E-state index in [9.17, 15) is 9.90 Å². The molecule has 0 saturated heterocycles. The van der Waals surface area contributed by atoms with Gasteiger partial charge in [0.2, 0.25) is 0 Å². The van der Waals surface area contributed by atoms with Crippen molar-refractivity contribution in [1.82, 2.24) is 0 Å². The van der Waals surface area contributed by atoms with Crippen LogP contribution in [-0.4, -0.2) is 101 Å². The first-order valence-electron chi connectivity index (χ1n) is 2.61. The second kappa shape index (κ2) is 30.9. The van der Waals surface area contributed by atoms with Crippen LogP contribution in [0.15, 0.2) is 16.1 Å². The molecule has 0 fully saturated rings. The first-order chi connectivity index (χ1) is 5.11. The molecule has 109 valence electrons. The first-order valence-corrected chi connectivity index (χ1v) is 3.54. The monoisotopic (exact) mass is 609 g/mol. The average Bonchev–Trinajstić information content (AvgIpc) is 2.02. The van der Waals surface area contributed by atoms with E-state index in [1.807, 2.05) is 16.0 Å². The molecule has 0 aromatic rings. The van der Waals surface area contributed by atoms with Gasteiger partial charge in [0.1, 0.15) is 0 Å². The number of carbonyl (C=O) groups is 1. The quantitative estimate of drug-likeness (QED) is 0.156. The van der Waals surface area contributed by atoms with Crippen LogP contribution < -0.4 is 0 Å². The summed E-state index contributed by atoms with van der Waals surface area (Å²) in [5.74, 6) is -1.32. The summed E-state index contributed by atoms with van der Waals surface area (Å²) < 4.78 is 8.56. The van der Waals surface area contributed by atoms with E-state index < -0.39 is 11.9 Å². The number of carbonyl (C=O) groups excluding carboxylic acids is 1. The molecule has 0 saturated carbocycles. The van der Waals surface area contributed by atoms with Gasteiger partial charge in [0.05, 0.1) is 0 Å². The Morgan fingerprint density at radius 1 is 1.06 bits per heavy atom. The van der Waals surface area contributed by atoms with Gasteiger partial charge >= 0.3 is 71.7 Å². The minimum Gasteiger partial charge on any atom is 0 e. The third kappa shape index (κ3) is 25.9. The van der Waals surface area contributed by atoms with Gasteiger partial charge in [-0.05, 0) is 0 Å². The van der Waals surface area contributed by atoms with E-state index >= 15 is 0 Å². The number of rotatable bonds is 2. The summed E-state index contributed by atoms with van der Waals surface area (Å²) in [7, 11) is 2.42. The van der Waals surface area contributed by atoms with Crippen molar-refractivity contribution in [3.63, 3.8) is 0 Å². The van der Waals surface area contributed by atoms with Crippen molar-refractivity contribution in [2.45, 2.75) is 29.7 Å². The van der Waals surface area contributed by atoms with Crippen LogP contribution >= 0.6 is 0 Å². The fraction of sp³-hybridized carbons (Fsp3) is 0.600. The number of hydrogen-bond donors (Lipinski definition) is 0. The molecule has 18 heavy (non-hydrogen) atoms. The van der Waals surface area contributed by atoms with Crippen molar-refractivity contribution in [3.05, 3.63) is 16.1 Å². The number of hydrogen-bond acceptors (Lipinski definition) is 3. The molecular weight excluding hydrogens is 579 g/mol. The largest absolute Gasteiger partial charge is 0 e. The topological polar surface area (TPSA) is 55.4 Å². The predicted molar refractivity (Wildman–Crippen MR) is 83.7 cm³/mol. The van der Waals surface area contributed by atoms with Gasteiger partial charge in [-0.2, -0.15) is 0 Å². The molecule has 0 aliphatic rings. The number of methoxy groups -OCH3 is 2. The zero-order valence-electron chi connectivity index (χ0n) is 7.49. The van der Waals surface area contributed by atoms with Gasteiger partial charge < -0.3 is 0 Å². The molecular formula is C10H25O4Se2Sn2. The van der Waals surface area contributed by atoms with Crippen LogP contribution in [0, 0.1) is 0 Å². The third-order valence-corrected chi connectivity index (χ3v) is 1.40. The van der Waals surface area contributed by atoms with Crippen molar-refractivity contribution >= 4 is 86.9 Å². The number of ether oxygens (including phenoxy) is 2. The fourth-order valence-corrected chi connectivity index (χ4v) is 0.678. The number of esters is 1. The summed E-state index contributed by atoms with van der Waals surface area (Å²) in [6.45, 7) is 0. The van der Waals surface area contributed by atoms with Crippen molar-refractivity contribution < 1.29 is 20.8 Å². The SMILES string of the molecule is C.C.C.C.COC(=O)C([SeH])=C=C([O])OC.[HH].[Se].[Sn].[Sn]. The zero-order chi connectivity index (χ0) is 8.85. The molecule has 8 heteroatoms. The maximum absolute atomic E-state index is 10.6. The third-order valence-electron chi connectivity index (χ3n) is 0.785. The summed E-state index contributed by atoms with van der Waals surface area (Å²) in [6, 6.07) is 0. The molecule has 0 aliphatic heterocycles. The van der Waals surface area contributed by atoms with Gasteiger partial charge in [-0.3, -0.25) is 0 Å². The molecule has 0 rings (SSSR count). The Kier molecular flexibility index (Phi) is 87.0. The minimum atomic E-state index is -0.703. The molecule has 0 atom stereocenters. The maximum atomic E-state index is 10.6. The van der Waals surface area contributed by atoms with Crippen LogP contribution in [-0.2, 0) is 19.4 Å². The Balaban J connectivity index is -0.0000000179. The smallest absolute Gasteiger partial charge is 0 e. The zero-order valence-corrected chi connectivity index (χ0v) is 16.8. The Labute approximate surface area is 166 Å². The van der Waals surface area contributed by atoms with Gasteiger partial charge in [-0.25, -0.2) is 0 Å². The second-order valence-corrected chi connectivity index (χ2v) is 2.40. The van der Waals surface area contributed by atoms with Crippen LogP contribution in [0.4, 0.5) is 0 Å². The van der Waals surface area contributed by atoms with Crippen LogP contribution in [0.2, 0.25) is 0 Å². The predicted octanol–water partition coefficient (Wildman–Crippen LogP) is 1.11. The summed E-state index contributed by atoms with van der Waals surface area (Å²) in [6.07, 6.45) is 0. The Morgan fingerprint density at radius 3 is 1.61 bits per heavy atom. The standard InChI is InChI=1S/C6H7O4Se.4CH4.Se.2Sn.H2/c1-9-5(7)3-4(11)6(8)10-2;;;;;;;;/h11H,1-2H3;4*1H4;;;;1H. The van der Waals surface area contributed by atoms with E-state index in [4.69, 9.17) is 0 Å². The Bertz CT molecular complexity index is 236. The van der Waals surface area contributed by atoms with Gasteiger partial charge in [0.15, 0.2) is 0 Å². The van der Waals surface area contributed by atoms with Gasteiger partial charge in [-0.15, -0.1) is 0 Å². The van der Waals surface area contributed by atoms with E-state index in [2.05, 4.69) is 15.2 Å². The Hall–Kier alpha value is 1.23. The molecule has 0 aromatic heterocycles. The summed E-state index contributed by atoms with van der Waals surface area (Å²) >= 11 is 1.87. The average molecular weight is 605 g/mol. The van der Waals surface area contributed by atoms with Gasteiger partial charge in [-0.1, -0.05) is 29.7 Å². The van der Waals surface area contributed by atoms with Gasteiger partial charge in [0, 0.05) is 66.3 Å². The Morgan fingerprint density at radius 2 is 1.39 bits per heavy atom. The molecule has 4 nitrogen and oxygen atoms in total. The molecule has 0 spiro atoms. The van der Waals surface area contributed by atoms with Crippen molar-refractivity contribution in [2.75, 3.05) is 14.2 Å². The summed E-state index contributed by atoms with van der Waals surface area (Å²) in [5.41, 5.74) is 2.13. The van der Waals surface area contributed by atoms with Gasteiger partial charge in [0.25, 0.3) is 0 Å². The molecule has 0 amide bonds. The van der Waals surface area contributed by atoms with E-state index in [1.54, 1.807) is 0 Å². The molecule has 0 bridgehead atoms. The molecule has 0 aromatic carbocycles. The fourth-order valence-electron chi connectivity index (χ4n) is 0.295. The molecule has 0 aliphatic carbocycles. The first kappa shape index (κ1) is 50.7. The second-order valence-electron chi connectivity index (χ2n) is 1.46. The van der Waals surface area contributed by atoms with Crippen molar-refractivity contribution in [1.29, 1.82) is 0 Å². The van der Waals surface area contributed by atoms with Crippen molar-refractivity contribution in [2.24, 2.45) is 0 Å². The summed E-state index contributed by atoms with van der Waals surface area (Å²) in [5, 5.41) is 10.5. The summed E-state index contributed by atoms with van der Waals surface area (Å²) in [4.78, 5) is 10.6. The molecule has 0 unspecified atom stereocenters. The maximum Gasteiger partial charge on any atom is 0 e. The molecule has 0 heterocycles. The van der Waals surface area contributed by atoms with E-state index in [1.165, 1.54) is 14.2 Å². The van der Waals surface area contributed by atoms with E-state index in [-0.39, 0.29) is 100 Å². The van der Waals surface area contributed by atoms with E-state index in [0.29, 0.717) is 0 Å². The normalized spacial score (nSPS) is 4.83.